The highest BCUT2D eigenvalue weighted by Crippen LogP contribution is 2.36. The van der Waals surface area contributed by atoms with Gasteiger partial charge in [0.15, 0.2) is 5.75 Å². The molecule has 0 aliphatic rings. The van der Waals surface area contributed by atoms with Crippen LogP contribution in [0.4, 0.5) is 0 Å². The molecule has 0 saturated carbocycles. The van der Waals surface area contributed by atoms with Gasteiger partial charge in [-0.25, -0.2) is 0 Å². The maximum atomic E-state index is 12.8. The molecule has 1 aromatic heterocycles. The van der Waals surface area contributed by atoms with E-state index in [-0.39, 0.29) is 17.2 Å². The van der Waals surface area contributed by atoms with Gasteiger partial charge in [-0.1, -0.05) is 30.3 Å². The highest BCUT2D eigenvalue weighted by molar-refractivity contribution is 6.11. The fraction of sp³-hybridized carbons (Fsp3) is 0.100. The molecule has 3 rings (SSSR count). The summed E-state index contributed by atoms with van der Waals surface area (Å²) in [5.74, 6) is -0.432. The minimum absolute atomic E-state index is 0.0716. The number of benzene rings is 2. The zero-order valence-corrected chi connectivity index (χ0v) is 14.7. The van der Waals surface area contributed by atoms with Gasteiger partial charge in [-0.15, -0.1) is 0 Å². The Bertz CT molecular complexity index is 1030. The average molecular weight is 367 g/mol. The van der Waals surface area contributed by atoms with Gasteiger partial charge < -0.3 is 19.3 Å². The molecule has 0 unspecified atom stereocenters. The normalized spacial score (nSPS) is 10.3. The van der Waals surface area contributed by atoms with E-state index in [1.165, 1.54) is 26.4 Å². The Labute approximate surface area is 154 Å². The second kappa shape index (κ2) is 7.65. The van der Waals surface area contributed by atoms with Crippen molar-refractivity contribution in [2.24, 2.45) is 0 Å². The van der Waals surface area contributed by atoms with Crippen LogP contribution in [0.25, 0.3) is 0 Å². The molecule has 0 fully saturated rings. The maximum absolute atomic E-state index is 12.8. The van der Waals surface area contributed by atoms with Crippen molar-refractivity contribution in [1.29, 1.82) is 0 Å². The molecule has 2 N–H and O–H groups in total. The predicted molar refractivity (Wildman–Crippen MR) is 98.2 cm³/mol. The van der Waals surface area contributed by atoms with Crippen molar-refractivity contribution in [3.05, 3.63) is 76.1 Å². The molecular formula is C20H17NO6. The molecule has 7 nitrogen and oxygen atoms in total. The second-order valence-corrected chi connectivity index (χ2v) is 5.52. The summed E-state index contributed by atoms with van der Waals surface area (Å²) in [5.41, 5.74) is -1.05. The van der Waals surface area contributed by atoms with E-state index in [4.69, 9.17) is 14.2 Å². The number of rotatable bonds is 6. The third-order valence-corrected chi connectivity index (χ3v) is 3.82. The third kappa shape index (κ3) is 3.62. The maximum Gasteiger partial charge on any atom is 0.266 e. The molecule has 2 aromatic carbocycles. The quantitative estimate of drug-likeness (QED) is 0.650. The van der Waals surface area contributed by atoms with E-state index in [1.807, 2.05) is 18.2 Å². The van der Waals surface area contributed by atoms with E-state index in [1.54, 1.807) is 24.3 Å². The zero-order valence-electron chi connectivity index (χ0n) is 14.7. The van der Waals surface area contributed by atoms with E-state index >= 15 is 0 Å². The van der Waals surface area contributed by atoms with E-state index < -0.39 is 22.7 Å². The molecule has 0 amide bonds. The van der Waals surface area contributed by atoms with Crippen LogP contribution in [0.2, 0.25) is 0 Å². The van der Waals surface area contributed by atoms with Gasteiger partial charge in [-0.2, -0.15) is 0 Å². The second-order valence-electron chi connectivity index (χ2n) is 5.52. The fourth-order valence-electron chi connectivity index (χ4n) is 2.56. The molecule has 0 bridgehead atoms. The molecule has 138 valence electrons. The van der Waals surface area contributed by atoms with E-state index in [0.29, 0.717) is 11.5 Å². The summed E-state index contributed by atoms with van der Waals surface area (Å²) in [6, 6.07) is 15.4. The largest absolute Gasteiger partial charge is 0.503 e. The topological polar surface area (TPSA) is 97.9 Å². The number of para-hydroxylation sites is 1. The summed E-state index contributed by atoms with van der Waals surface area (Å²) in [5, 5.41) is 10.3. The number of H-pyrrole nitrogens is 1. The zero-order chi connectivity index (χ0) is 19.4. The monoisotopic (exact) mass is 367 g/mol. The Hall–Kier alpha value is -3.74. The van der Waals surface area contributed by atoms with Gasteiger partial charge in [0.1, 0.15) is 17.1 Å². The molecule has 7 heteroatoms. The van der Waals surface area contributed by atoms with E-state index in [2.05, 4.69) is 4.98 Å². The number of aromatic hydroxyl groups is 1. The SMILES string of the molecule is COc1[nH]c(=O)c(C(=O)c2cccc(Oc3ccccc3)c2)c(O)c1OC. The summed E-state index contributed by atoms with van der Waals surface area (Å²) in [4.78, 5) is 27.5. The van der Waals surface area contributed by atoms with Gasteiger partial charge in [0.05, 0.1) is 14.2 Å². The highest BCUT2D eigenvalue weighted by atomic mass is 16.5. The standard InChI is InChI=1S/C20H17NO6/c1-25-18-17(23)15(19(24)21-20(18)26-2)16(22)12-7-6-10-14(11-12)27-13-8-4-3-5-9-13/h3-11H,1-2H3,(H2,21,23,24). The van der Waals surface area contributed by atoms with Crippen LogP contribution in [0.5, 0.6) is 28.9 Å². The molecule has 0 radical (unpaired) electrons. The van der Waals surface area contributed by atoms with Crippen molar-refractivity contribution in [3.63, 3.8) is 0 Å². The first-order valence-electron chi connectivity index (χ1n) is 8.00. The number of ketones is 1. The minimum atomic E-state index is -0.787. The van der Waals surface area contributed by atoms with Gasteiger partial charge in [-0.3, -0.25) is 14.6 Å². The lowest BCUT2D eigenvalue weighted by Crippen LogP contribution is -2.20. The summed E-state index contributed by atoms with van der Waals surface area (Å²) in [6.07, 6.45) is 0. The molecule has 0 atom stereocenters. The third-order valence-electron chi connectivity index (χ3n) is 3.82. The number of aromatic amines is 1. The Balaban J connectivity index is 2.00. The number of aromatic nitrogens is 1. The molecule has 1 heterocycles. The van der Waals surface area contributed by atoms with E-state index in [9.17, 15) is 14.7 Å². The molecule has 27 heavy (non-hydrogen) atoms. The van der Waals surface area contributed by atoms with Crippen molar-refractivity contribution in [1.82, 2.24) is 4.98 Å². The summed E-state index contributed by atoms with van der Waals surface area (Å²) in [7, 11) is 2.59. The van der Waals surface area contributed by atoms with Crippen LogP contribution in [-0.2, 0) is 0 Å². The highest BCUT2D eigenvalue weighted by Gasteiger charge is 2.25. The number of nitrogens with one attached hydrogen (secondary N) is 1. The average Bonchev–Trinajstić information content (AvgIpc) is 2.68. The molecule has 3 aromatic rings. The van der Waals surface area contributed by atoms with Crippen LogP contribution < -0.4 is 19.8 Å². The van der Waals surface area contributed by atoms with Crippen LogP contribution in [-0.4, -0.2) is 30.1 Å². The number of ether oxygens (including phenoxy) is 3. The Morgan fingerprint density at radius 1 is 0.963 bits per heavy atom. The number of carbonyl (C=O) groups excluding carboxylic acids is 1. The van der Waals surface area contributed by atoms with Crippen molar-refractivity contribution in [2.45, 2.75) is 0 Å². The van der Waals surface area contributed by atoms with Gasteiger partial charge in [0, 0.05) is 5.56 Å². The molecular weight excluding hydrogens is 350 g/mol. The van der Waals surface area contributed by atoms with Crippen molar-refractivity contribution in [3.8, 4) is 28.9 Å². The summed E-state index contributed by atoms with van der Waals surface area (Å²) in [6.45, 7) is 0. The first-order valence-corrected chi connectivity index (χ1v) is 8.00. The van der Waals surface area contributed by atoms with Crippen LogP contribution >= 0.6 is 0 Å². The van der Waals surface area contributed by atoms with Gasteiger partial charge in [0.2, 0.25) is 17.4 Å². The van der Waals surface area contributed by atoms with Crippen LogP contribution in [0.3, 0.4) is 0 Å². The Morgan fingerprint density at radius 3 is 2.33 bits per heavy atom. The predicted octanol–water partition coefficient (Wildman–Crippen LogP) is 3.12. The smallest absolute Gasteiger partial charge is 0.266 e. The Kier molecular flexibility index (Phi) is 5.12. The van der Waals surface area contributed by atoms with Crippen molar-refractivity contribution >= 4 is 5.78 Å². The molecule has 0 aliphatic carbocycles. The number of carbonyl (C=O) groups is 1. The first kappa shape index (κ1) is 18.1. The lowest BCUT2D eigenvalue weighted by Gasteiger charge is -2.12. The molecule has 0 saturated heterocycles. The van der Waals surface area contributed by atoms with Gasteiger partial charge in [-0.05, 0) is 24.3 Å². The molecule has 0 aliphatic heterocycles. The van der Waals surface area contributed by atoms with Crippen LogP contribution in [0.1, 0.15) is 15.9 Å². The lowest BCUT2D eigenvalue weighted by atomic mass is 10.0. The number of pyridine rings is 1. The van der Waals surface area contributed by atoms with Crippen LogP contribution in [0, 0.1) is 0 Å². The number of hydrogen-bond donors (Lipinski definition) is 2. The van der Waals surface area contributed by atoms with Gasteiger partial charge >= 0.3 is 0 Å². The Morgan fingerprint density at radius 2 is 1.67 bits per heavy atom. The van der Waals surface area contributed by atoms with E-state index in [0.717, 1.165) is 0 Å². The van der Waals surface area contributed by atoms with Gasteiger partial charge in [0.25, 0.3) is 5.56 Å². The molecule has 0 spiro atoms. The van der Waals surface area contributed by atoms with Crippen LogP contribution in [0.15, 0.2) is 59.4 Å². The first-order chi connectivity index (χ1) is 13.0. The summed E-state index contributed by atoms with van der Waals surface area (Å²) < 4.78 is 15.7. The minimum Gasteiger partial charge on any atom is -0.503 e. The fourth-order valence-corrected chi connectivity index (χ4v) is 2.56. The van der Waals surface area contributed by atoms with Crippen molar-refractivity contribution in [2.75, 3.05) is 14.2 Å². The number of hydrogen-bond acceptors (Lipinski definition) is 6. The summed E-state index contributed by atoms with van der Waals surface area (Å²) >= 11 is 0. The number of methoxy groups -OCH3 is 2. The lowest BCUT2D eigenvalue weighted by molar-refractivity contribution is 0.103. The van der Waals surface area contributed by atoms with Crippen molar-refractivity contribution < 1.29 is 24.1 Å².